The maximum atomic E-state index is 12.3. The Bertz CT molecular complexity index is 470. The van der Waals surface area contributed by atoms with Crippen molar-refractivity contribution in [1.29, 1.82) is 0 Å². The first-order chi connectivity index (χ1) is 9.61. The number of benzene rings is 1. The van der Waals surface area contributed by atoms with E-state index in [1.54, 1.807) is 24.1 Å². The van der Waals surface area contributed by atoms with Gasteiger partial charge in [0.05, 0.1) is 13.0 Å². The highest BCUT2D eigenvalue weighted by Crippen LogP contribution is 2.26. The molecule has 1 aromatic carbocycles. The highest BCUT2D eigenvalue weighted by molar-refractivity contribution is 5.79. The SMILES string of the molecule is COc1ccc(CN(C)C(=O)C2CCCNC2)cc1O. The normalized spacial score (nSPS) is 18.6. The number of methoxy groups -OCH3 is 1. The van der Waals surface area contributed by atoms with Crippen molar-refractivity contribution >= 4 is 5.91 Å². The summed E-state index contributed by atoms with van der Waals surface area (Å²) in [7, 11) is 3.32. The van der Waals surface area contributed by atoms with Crippen LogP contribution in [0, 0.1) is 5.92 Å². The Kier molecular flexibility index (Phi) is 4.84. The Morgan fingerprint density at radius 2 is 2.35 bits per heavy atom. The van der Waals surface area contributed by atoms with Gasteiger partial charge in [-0.3, -0.25) is 4.79 Å². The van der Waals surface area contributed by atoms with Crippen molar-refractivity contribution in [3.8, 4) is 11.5 Å². The van der Waals surface area contributed by atoms with Crippen molar-refractivity contribution in [1.82, 2.24) is 10.2 Å². The van der Waals surface area contributed by atoms with E-state index in [1.807, 2.05) is 6.07 Å². The third-order valence-corrected chi connectivity index (χ3v) is 3.69. The van der Waals surface area contributed by atoms with Crippen LogP contribution in [-0.2, 0) is 11.3 Å². The van der Waals surface area contributed by atoms with E-state index in [2.05, 4.69) is 5.32 Å². The van der Waals surface area contributed by atoms with E-state index in [1.165, 1.54) is 7.11 Å². The van der Waals surface area contributed by atoms with Crippen LogP contribution in [0.25, 0.3) is 0 Å². The van der Waals surface area contributed by atoms with E-state index < -0.39 is 0 Å². The number of nitrogens with zero attached hydrogens (tertiary/aromatic N) is 1. The van der Waals surface area contributed by atoms with Gasteiger partial charge in [-0.1, -0.05) is 6.07 Å². The minimum atomic E-state index is 0.0700. The maximum absolute atomic E-state index is 12.3. The van der Waals surface area contributed by atoms with Crippen LogP contribution in [0.15, 0.2) is 18.2 Å². The number of ether oxygens (including phenoxy) is 1. The second kappa shape index (κ2) is 6.61. The molecule has 1 aromatic rings. The molecule has 0 bridgehead atoms. The fourth-order valence-electron chi connectivity index (χ4n) is 2.56. The lowest BCUT2D eigenvalue weighted by Crippen LogP contribution is -2.41. The van der Waals surface area contributed by atoms with Gasteiger partial charge in [0.25, 0.3) is 0 Å². The van der Waals surface area contributed by atoms with Crippen molar-refractivity contribution in [2.45, 2.75) is 19.4 Å². The predicted molar refractivity (Wildman–Crippen MR) is 76.7 cm³/mol. The summed E-state index contributed by atoms with van der Waals surface area (Å²) in [6.45, 7) is 2.25. The van der Waals surface area contributed by atoms with E-state index in [4.69, 9.17) is 4.74 Å². The average Bonchev–Trinajstić information content (AvgIpc) is 2.47. The van der Waals surface area contributed by atoms with Crippen molar-refractivity contribution < 1.29 is 14.6 Å². The van der Waals surface area contributed by atoms with Gasteiger partial charge in [-0.05, 0) is 37.1 Å². The number of aromatic hydroxyl groups is 1. The van der Waals surface area contributed by atoms with Gasteiger partial charge in [0, 0.05) is 20.1 Å². The number of phenols is 1. The second-order valence-electron chi connectivity index (χ2n) is 5.24. The van der Waals surface area contributed by atoms with Crippen LogP contribution in [0.4, 0.5) is 0 Å². The molecule has 0 aromatic heterocycles. The van der Waals surface area contributed by atoms with Crippen LogP contribution in [0.2, 0.25) is 0 Å². The molecule has 0 aliphatic carbocycles. The number of amides is 1. The first-order valence-electron chi connectivity index (χ1n) is 6.93. The molecule has 2 N–H and O–H groups in total. The summed E-state index contributed by atoms with van der Waals surface area (Å²) in [5, 5.41) is 13.0. The number of hydrogen-bond donors (Lipinski definition) is 2. The van der Waals surface area contributed by atoms with Crippen LogP contribution in [-0.4, -0.2) is 43.2 Å². The van der Waals surface area contributed by atoms with Gasteiger partial charge in [-0.15, -0.1) is 0 Å². The Hall–Kier alpha value is -1.75. The minimum absolute atomic E-state index is 0.0700. The zero-order valence-electron chi connectivity index (χ0n) is 12.1. The van der Waals surface area contributed by atoms with Crippen molar-refractivity contribution in [2.75, 3.05) is 27.2 Å². The number of phenolic OH excluding ortho intramolecular Hbond substituents is 1. The topological polar surface area (TPSA) is 61.8 Å². The summed E-state index contributed by atoms with van der Waals surface area (Å²) in [4.78, 5) is 14.0. The lowest BCUT2D eigenvalue weighted by molar-refractivity contribution is -0.135. The number of rotatable bonds is 4. The molecule has 110 valence electrons. The quantitative estimate of drug-likeness (QED) is 0.873. The smallest absolute Gasteiger partial charge is 0.227 e. The fraction of sp³-hybridized carbons (Fsp3) is 0.533. The van der Waals surface area contributed by atoms with Gasteiger partial charge in [-0.2, -0.15) is 0 Å². The van der Waals surface area contributed by atoms with Crippen LogP contribution in [0.1, 0.15) is 18.4 Å². The molecule has 0 spiro atoms. The molecular formula is C15H22N2O3. The monoisotopic (exact) mass is 278 g/mol. The van der Waals surface area contributed by atoms with E-state index in [0.717, 1.165) is 31.5 Å². The summed E-state index contributed by atoms with van der Waals surface area (Å²) in [6.07, 6.45) is 2.00. The highest BCUT2D eigenvalue weighted by Gasteiger charge is 2.23. The molecule has 1 amide bonds. The molecule has 1 aliphatic heterocycles. The molecule has 1 heterocycles. The van der Waals surface area contributed by atoms with Gasteiger partial charge in [0.1, 0.15) is 0 Å². The number of carbonyl (C=O) groups excluding carboxylic acids is 1. The summed E-state index contributed by atoms with van der Waals surface area (Å²) in [5.41, 5.74) is 0.892. The van der Waals surface area contributed by atoms with E-state index >= 15 is 0 Å². The molecule has 1 unspecified atom stereocenters. The maximum Gasteiger partial charge on any atom is 0.227 e. The lowest BCUT2D eigenvalue weighted by atomic mass is 9.98. The van der Waals surface area contributed by atoms with Gasteiger partial charge in [-0.25, -0.2) is 0 Å². The summed E-state index contributed by atoms with van der Waals surface area (Å²) >= 11 is 0. The zero-order chi connectivity index (χ0) is 14.5. The molecule has 20 heavy (non-hydrogen) atoms. The van der Waals surface area contributed by atoms with Gasteiger partial charge in [0.15, 0.2) is 11.5 Å². The van der Waals surface area contributed by atoms with Crippen LogP contribution < -0.4 is 10.1 Å². The number of carbonyl (C=O) groups is 1. The number of piperidine rings is 1. The standard InChI is InChI=1S/C15H22N2O3/c1-17(15(19)12-4-3-7-16-9-12)10-11-5-6-14(20-2)13(18)8-11/h5-6,8,12,16,18H,3-4,7,9-10H2,1-2H3. The Morgan fingerprint density at radius 3 is 2.95 bits per heavy atom. The molecule has 1 aliphatic rings. The summed E-state index contributed by atoms with van der Waals surface area (Å²) < 4.78 is 5.01. The summed E-state index contributed by atoms with van der Waals surface area (Å²) in [6, 6.07) is 5.22. The minimum Gasteiger partial charge on any atom is -0.504 e. The molecular weight excluding hydrogens is 256 g/mol. The average molecular weight is 278 g/mol. The Balaban J connectivity index is 1.98. The molecule has 5 heteroatoms. The molecule has 2 rings (SSSR count). The van der Waals surface area contributed by atoms with Crippen molar-refractivity contribution in [2.24, 2.45) is 5.92 Å². The van der Waals surface area contributed by atoms with Gasteiger partial charge < -0.3 is 20.1 Å². The predicted octanol–water partition coefficient (Wildman–Crippen LogP) is 1.36. The molecule has 1 atom stereocenters. The molecule has 0 saturated carbocycles. The van der Waals surface area contributed by atoms with Crippen LogP contribution in [0.5, 0.6) is 11.5 Å². The van der Waals surface area contributed by atoms with Gasteiger partial charge >= 0.3 is 0 Å². The third kappa shape index (κ3) is 3.42. The van der Waals surface area contributed by atoms with Crippen molar-refractivity contribution in [3.63, 3.8) is 0 Å². The lowest BCUT2D eigenvalue weighted by Gasteiger charge is -2.27. The molecule has 1 saturated heterocycles. The Labute approximate surface area is 119 Å². The van der Waals surface area contributed by atoms with Crippen LogP contribution in [0.3, 0.4) is 0 Å². The van der Waals surface area contributed by atoms with E-state index in [0.29, 0.717) is 12.3 Å². The zero-order valence-corrected chi connectivity index (χ0v) is 12.1. The molecule has 1 fully saturated rings. The first-order valence-corrected chi connectivity index (χ1v) is 6.93. The highest BCUT2D eigenvalue weighted by atomic mass is 16.5. The summed E-state index contributed by atoms with van der Waals surface area (Å²) in [5.74, 6) is 0.775. The molecule has 0 radical (unpaired) electrons. The second-order valence-corrected chi connectivity index (χ2v) is 5.24. The number of hydrogen-bond acceptors (Lipinski definition) is 4. The van der Waals surface area contributed by atoms with E-state index in [-0.39, 0.29) is 17.6 Å². The number of nitrogens with one attached hydrogen (secondary N) is 1. The van der Waals surface area contributed by atoms with Crippen LogP contribution >= 0.6 is 0 Å². The van der Waals surface area contributed by atoms with Gasteiger partial charge in [0.2, 0.25) is 5.91 Å². The van der Waals surface area contributed by atoms with Crippen molar-refractivity contribution in [3.05, 3.63) is 23.8 Å². The third-order valence-electron chi connectivity index (χ3n) is 3.69. The fourth-order valence-corrected chi connectivity index (χ4v) is 2.56. The molecule has 5 nitrogen and oxygen atoms in total. The first kappa shape index (κ1) is 14.7. The van der Waals surface area contributed by atoms with E-state index in [9.17, 15) is 9.90 Å². The Morgan fingerprint density at radius 1 is 1.55 bits per heavy atom. The largest absolute Gasteiger partial charge is 0.504 e.